The second-order valence-electron chi connectivity index (χ2n) is 5.73. The van der Waals surface area contributed by atoms with Crippen LogP contribution in [0.1, 0.15) is 12.5 Å². The molecule has 1 atom stereocenters. The molecule has 1 N–H and O–H groups in total. The van der Waals surface area contributed by atoms with Crippen molar-refractivity contribution in [1.82, 2.24) is 0 Å². The highest BCUT2D eigenvalue weighted by Crippen LogP contribution is 2.38. The maximum atomic E-state index is 12.1. The number of anilines is 1. The lowest BCUT2D eigenvalue weighted by atomic mass is 10.1. The SMILES string of the molecule is COc1cc(C=CC(=O)OC(C)C(=O)Nc2ccccc2)cc(OC)c1OC. The lowest BCUT2D eigenvalue weighted by molar-refractivity contribution is -0.148. The lowest BCUT2D eigenvalue weighted by Gasteiger charge is -2.13. The number of carbonyl (C=O) groups excluding carboxylic acids is 2. The van der Waals surface area contributed by atoms with Crippen LogP contribution in [0.15, 0.2) is 48.5 Å². The normalized spacial score (nSPS) is 11.6. The topological polar surface area (TPSA) is 83.1 Å². The van der Waals surface area contributed by atoms with Crippen LogP contribution in [0.25, 0.3) is 6.08 Å². The molecule has 2 rings (SSSR count). The van der Waals surface area contributed by atoms with Gasteiger partial charge >= 0.3 is 5.97 Å². The number of benzene rings is 2. The van der Waals surface area contributed by atoms with Crippen LogP contribution in [0, 0.1) is 0 Å². The van der Waals surface area contributed by atoms with Crippen molar-refractivity contribution < 1.29 is 28.5 Å². The van der Waals surface area contributed by atoms with Gasteiger partial charge in [0.05, 0.1) is 21.3 Å². The van der Waals surface area contributed by atoms with Crippen molar-refractivity contribution in [3.63, 3.8) is 0 Å². The molecule has 148 valence electrons. The summed E-state index contributed by atoms with van der Waals surface area (Å²) in [6.45, 7) is 1.50. The Balaban J connectivity index is 2.02. The summed E-state index contributed by atoms with van der Waals surface area (Å²) in [5, 5.41) is 2.68. The molecule has 0 bridgehead atoms. The third-order valence-electron chi connectivity index (χ3n) is 3.80. The first-order valence-electron chi connectivity index (χ1n) is 8.53. The zero-order valence-electron chi connectivity index (χ0n) is 16.2. The maximum Gasteiger partial charge on any atom is 0.331 e. The molecule has 0 radical (unpaired) electrons. The summed E-state index contributed by atoms with van der Waals surface area (Å²) in [6, 6.07) is 12.3. The van der Waals surface area contributed by atoms with Gasteiger partial charge in [0.25, 0.3) is 5.91 Å². The van der Waals surface area contributed by atoms with Gasteiger partial charge in [0.1, 0.15) is 0 Å². The number of rotatable bonds is 8. The van der Waals surface area contributed by atoms with Gasteiger partial charge in [-0.05, 0) is 42.8 Å². The largest absolute Gasteiger partial charge is 0.493 e. The van der Waals surface area contributed by atoms with Crippen LogP contribution in [0.2, 0.25) is 0 Å². The van der Waals surface area contributed by atoms with Crippen LogP contribution in [0.4, 0.5) is 5.69 Å². The van der Waals surface area contributed by atoms with E-state index in [2.05, 4.69) is 5.32 Å². The van der Waals surface area contributed by atoms with Crippen molar-refractivity contribution in [3.05, 3.63) is 54.1 Å². The fourth-order valence-electron chi connectivity index (χ4n) is 2.39. The number of hydrogen-bond acceptors (Lipinski definition) is 6. The third kappa shape index (κ3) is 5.51. The van der Waals surface area contributed by atoms with Crippen LogP contribution in [-0.4, -0.2) is 39.3 Å². The van der Waals surface area contributed by atoms with Gasteiger partial charge in [-0.1, -0.05) is 18.2 Å². The molecule has 0 aliphatic heterocycles. The number of nitrogens with one attached hydrogen (secondary N) is 1. The number of carbonyl (C=O) groups is 2. The summed E-state index contributed by atoms with van der Waals surface area (Å²) in [7, 11) is 4.52. The summed E-state index contributed by atoms with van der Waals surface area (Å²) in [5.41, 5.74) is 1.27. The van der Waals surface area contributed by atoms with Gasteiger partial charge in [0.2, 0.25) is 5.75 Å². The van der Waals surface area contributed by atoms with E-state index in [1.807, 2.05) is 6.07 Å². The van der Waals surface area contributed by atoms with Crippen LogP contribution < -0.4 is 19.5 Å². The van der Waals surface area contributed by atoms with Gasteiger partial charge in [-0.2, -0.15) is 0 Å². The van der Waals surface area contributed by atoms with E-state index in [1.165, 1.54) is 40.4 Å². The zero-order valence-corrected chi connectivity index (χ0v) is 16.2. The molecule has 0 aliphatic carbocycles. The number of para-hydroxylation sites is 1. The van der Waals surface area contributed by atoms with Crippen molar-refractivity contribution in [2.75, 3.05) is 26.6 Å². The first-order valence-corrected chi connectivity index (χ1v) is 8.53. The second kappa shape index (κ2) is 10.0. The van der Waals surface area contributed by atoms with E-state index in [9.17, 15) is 9.59 Å². The molecule has 7 nitrogen and oxygen atoms in total. The molecule has 28 heavy (non-hydrogen) atoms. The molecule has 2 aromatic rings. The Morgan fingerprint density at radius 3 is 2.11 bits per heavy atom. The summed E-state index contributed by atoms with van der Waals surface area (Å²) in [6.07, 6.45) is 1.82. The van der Waals surface area contributed by atoms with Crippen LogP contribution in [0.5, 0.6) is 17.2 Å². The molecule has 0 saturated heterocycles. The molecule has 0 spiro atoms. The molecule has 1 amide bonds. The summed E-state index contributed by atoms with van der Waals surface area (Å²) in [5.74, 6) is 0.317. The Hall–Kier alpha value is -3.48. The summed E-state index contributed by atoms with van der Waals surface area (Å²) in [4.78, 5) is 24.1. The minimum absolute atomic E-state index is 0.416. The molecule has 1 unspecified atom stereocenters. The Labute approximate surface area is 163 Å². The highest BCUT2D eigenvalue weighted by atomic mass is 16.5. The van der Waals surface area contributed by atoms with Crippen molar-refractivity contribution in [2.24, 2.45) is 0 Å². The molecule has 0 aliphatic rings. The lowest BCUT2D eigenvalue weighted by Crippen LogP contribution is -2.29. The van der Waals surface area contributed by atoms with E-state index in [0.717, 1.165) is 0 Å². The first kappa shape index (κ1) is 20.8. The third-order valence-corrected chi connectivity index (χ3v) is 3.80. The van der Waals surface area contributed by atoms with Gasteiger partial charge in [-0.15, -0.1) is 0 Å². The first-order chi connectivity index (χ1) is 13.5. The van der Waals surface area contributed by atoms with Gasteiger partial charge in [-0.25, -0.2) is 4.79 Å². The Morgan fingerprint density at radius 1 is 0.964 bits per heavy atom. The van der Waals surface area contributed by atoms with E-state index < -0.39 is 18.0 Å². The maximum absolute atomic E-state index is 12.1. The van der Waals surface area contributed by atoms with Gasteiger partial charge in [-0.3, -0.25) is 4.79 Å². The average Bonchev–Trinajstić information content (AvgIpc) is 2.71. The van der Waals surface area contributed by atoms with Crippen LogP contribution in [0.3, 0.4) is 0 Å². The van der Waals surface area contributed by atoms with Crippen LogP contribution in [-0.2, 0) is 14.3 Å². The molecular weight excluding hydrogens is 362 g/mol. The fourth-order valence-corrected chi connectivity index (χ4v) is 2.39. The fraction of sp³-hybridized carbons (Fsp3) is 0.238. The van der Waals surface area contributed by atoms with Crippen molar-refractivity contribution in [3.8, 4) is 17.2 Å². The van der Waals surface area contributed by atoms with Gasteiger partial charge in [0, 0.05) is 11.8 Å². The van der Waals surface area contributed by atoms with Crippen molar-refractivity contribution in [2.45, 2.75) is 13.0 Å². The average molecular weight is 385 g/mol. The second-order valence-corrected chi connectivity index (χ2v) is 5.73. The molecule has 2 aromatic carbocycles. The summed E-state index contributed by atoms with van der Waals surface area (Å²) < 4.78 is 20.9. The Kier molecular flexibility index (Phi) is 7.45. The number of amides is 1. The molecular formula is C21H23NO6. The number of ether oxygens (including phenoxy) is 4. The predicted octanol–water partition coefficient (Wildman–Crippen LogP) is 3.30. The van der Waals surface area contributed by atoms with Gasteiger partial charge < -0.3 is 24.3 Å². The van der Waals surface area contributed by atoms with Crippen molar-refractivity contribution >= 4 is 23.6 Å². The predicted molar refractivity (Wildman–Crippen MR) is 106 cm³/mol. The molecule has 0 fully saturated rings. The monoisotopic (exact) mass is 385 g/mol. The highest BCUT2D eigenvalue weighted by molar-refractivity contribution is 5.96. The smallest absolute Gasteiger partial charge is 0.331 e. The highest BCUT2D eigenvalue weighted by Gasteiger charge is 2.17. The quantitative estimate of drug-likeness (QED) is 0.555. The molecule has 7 heteroatoms. The zero-order chi connectivity index (χ0) is 20.5. The minimum atomic E-state index is -0.947. The van der Waals surface area contributed by atoms with E-state index in [0.29, 0.717) is 28.5 Å². The molecule has 0 aromatic heterocycles. The van der Waals surface area contributed by atoms with Crippen molar-refractivity contribution in [1.29, 1.82) is 0 Å². The van der Waals surface area contributed by atoms with E-state index >= 15 is 0 Å². The van der Waals surface area contributed by atoms with E-state index in [-0.39, 0.29) is 0 Å². The number of methoxy groups -OCH3 is 3. The Bertz CT molecular complexity index is 822. The summed E-state index contributed by atoms with van der Waals surface area (Å²) >= 11 is 0. The standard InChI is InChI=1S/C21H23NO6/c1-14(21(24)22-16-8-6-5-7-9-16)28-19(23)11-10-15-12-17(25-2)20(27-4)18(13-15)26-3/h5-14H,1-4H3,(H,22,24). The number of esters is 1. The van der Waals surface area contributed by atoms with E-state index in [1.54, 1.807) is 36.4 Å². The van der Waals surface area contributed by atoms with E-state index in [4.69, 9.17) is 18.9 Å². The van der Waals surface area contributed by atoms with Gasteiger partial charge in [0.15, 0.2) is 17.6 Å². The Morgan fingerprint density at radius 2 is 1.57 bits per heavy atom. The number of hydrogen-bond donors (Lipinski definition) is 1. The minimum Gasteiger partial charge on any atom is -0.493 e. The molecule has 0 saturated carbocycles. The molecule has 0 heterocycles. The van der Waals surface area contributed by atoms with Crippen LogP contribution >= 0.6 is 0 Å².